The van der Waals surface area contributed by atoms with Crippen LogP contribution in [0.25, 0.3) is 5.76 Å². The highest BCUT2D eigenvalue weighted by atomic mass is 19.4. The number of alkyl halides is 3. The molecule has 1 aliphatic heterocycles. The van der Waals surface area contributed by atoms with Crippen LogP contribution in [0.15, 0.2) is 53.7 Å². The molecule has 0 fully saturated rings. The molecule has 0 aliphatic carbocycles. The average Bonchev–Trinajstić information content (AvgIpc) is 2.82. The van der Waals surface area contributed by atoms with E-state index in [1.54, 1.807) is 24.0 Å². The van der Waals surface area contributed by atoms with Gasteiger partial charge in [0.05, 0.1) is 23.2 Å². The van der Waals surface area contributed by atoms with E-state index in [1.807, 2.05) is 39.0 Å². The summed E-state index contributed by atoms with van der Waals surface area (Å²) in [6.07, 6.45) is -1.01. The smallest absolute Gasteiger partial charge is 0.417 e. The number of likely N-dealkylation sites (N-methyl/N-ethyl adjacent to an activating group) is 1. The monoisotopic (exact) mass is 475 g/mol. The van der Waals surface area contributed by atoms with Crippen LogP contribution in [0.3, 0.4) is 0 Å². The Hall–Kier alpha value is -3.36. The summed E-state index contributed by atoms with van der Waals surface area (Å²) in [5, 5.41) is 0. The summed E-state index contributed by atoms with van der Waals surface area (Å²) in [6, 6.07) is 8.93. The number of ether oxygens (including phenoxy) is 2. The summed E-state index contributed by atoms with van der Waals surface area (Å²) in [4.78, 5) is 23.3. The largest absolute Gasteiger partial charge is 0.475 e. The molecule has 1 aromatic heterocycles. The van der Waals surface area contributed by atoms with Gasteiger partial charge in [-0.15, -0.1) is 0 Å². The van der Waals surface area contributed by atoms with E-state index in [9.17, 15) is 18.0 Å². The molecule has 6 nitrogen and oxygen atoms in total. The van der Waals surface area contributed by atoms with E-state index < -0.39 is 11.7 Å². The van der Waals surface area contributed by atoms with Crippen molar-refractivity contribution in [1.82, 2.24) is 9.88 Å². The highest BCUT2D eigenvalue weighted by Crippen LogP contribution is 2.29. The minimum Gasteiger partial charge on any atom is -0.475 e. The van der Waals surface area contributed by atoms with Gasteiger partial charge in [0.15, 0.2) is 5.90 Å². The van der Waals surface area contributed by atoms with Crippen molar-refractivity contribution >= 4 is 17.6 Å². The fourth-order valence-corrected chi connectivity index (χ4v) is 3.64. The molecular weight excluding hydrogens is 447 g/mol. The Balaban J connectivity index is 1.75. The zero-order valence-electron chi connectivity index (χ0n) is 19.6. The number of carbonyl (C=O) groups excluding carboxylic acids is 1. The highest BCUT2D eigenvalue weighted by molar-refractivity contribution is 6.00. The number of carbonyl (C=O) groups is 1. The minimum atomic E-state index is -4.46. The van der Waals surface area contributed by atoms with E-state index in [0.717, 1.165) is 18.7 Å². The van der Waals surface area contributed by atoms with Crippen LogP contribution < -0.4 is 4.74 Å². The molecule has 2 aromatic rings. The summed E-state index contributed by atoms with van der Waals surface area (Å²) < 4.78 is 49.6. The van der Waals surface area contributed by atoms with Crippen molar-refractivity contribution in [2.24, 2.45) is 4.99 Å². The van der Waals surface area contributed by atoms with E-state index in [2.05, 4.69) is 9.98 Å². The van der Waals surface area contributed by atoms with Gasteiger partial charge in [-0.2, -0.15) is 13.2 Å². The fourth-order valence-electron chi connectivity index (χ4n) is 3.64. The third-order valence-electron chi connectivity index (χ3n) is 5.46. The highest BCUT2D eigenvalue weighted by Gasteiger charge is 2.31. The molecule has 1 aliphatic rings. The van der Waals surface area contributed by atoms with Gasteiger partial charge >= 0.3 is 6.18 Å². The molecule has 1 amide bonds. The lowest BCUT2D eigenvalue weighted by Gasteiger charge is -2.29. The van der Waals surface area contributed by atoms with Crippen molar-refractivity contribution in [2.45, 2.75) is 52.4 Å². The van der Waals surface area contributed by atoms with Gasteiger partial charge in [-0.3, -0.25) is 4.79 Å². The first-order valence-electron chi connectivity index (χ1n) is 11.1. The van der Waals surface area contributed by atoms with Crippen molar-refractivity contribution in [3.05, 3.63) is 65.4 Å². The number of halogens is 3. The molecule has 0 unspecified atom stereocenters. The van der Waals surface area contributed by atoms with Crippen LogP contribution in [-0.4, -0.2) is 46.9 Å². The maximum atomic E-state index is 13.5. The maximum Gasteiger partial charge on any atom is 0.417 e. The molecule has 0 saturated heterocycles. The molecule has 2 atom stereocenters. The first-order valence-corrected chi connectivity index (χ1v) is 11.1. The predicted octanol–water partition coefficient (Wildman–Crippen LogP) is 5.60. The Labute approximate surface area is 197 Å². The molecule has 0 spiro atoms. The van der Waals surface area contributed by atoms with E-state index in [-0.39, 0.29) is 30.5 Å². The lowest BCUT2D eigenvalue weighted by atomic mass is 10.0. The van der Waals surface area contributed by atoms with E-state index in [1.165, 1.54) is 6.07 Å². The molecule has 1 aromatic carbocycles. The van der Waals surface area contributed by atoms with Gasteiger partial charge in [-0.1, -0.05) is 25.1 Å². The lowest BCUT2D eigenvalue weighted by molar-refractivity contribution is -0.137. The zero-order valence-corrected chi connectivity index (χ0v) is 19.6. The second-order valence-electron chi connectivity index (χ2n) is 7.94. The normalized spacial score (nSPS) is 16.7. The van der Waals surface area contributed by atoms with Crippen molar-refractivity contribution in [2.75, 3.05) is 13.2 Å². The van der Waals surface area contributed by atoms with E-state index in [0.29, 0.717) is 29.3 Å². The second-order valence-corrected chi connectivity index (χ2v) is 7.94. The molecule has 0 N–H and O–H groups in total. The molecular formula is C25H28F3N3O3. The SMILES string of the molecule is CC[C@H]1C=C(c2ccccc2C(=O)N(CC)[C@@H](C)COc2ccc(C(F)(F)F)cn2)OC(C)=N1. The van der Waals surface area contributed by atoms with Gasteiger partial charge in [-0.25, -0.2) is 9.98 Å². The summed E-state index contributed by atoms with van der Waals surface area (Å²) >= 11 is 0. The molecule has 0 bridgehead atoms. The molecule has 9 heteroatoms. The van der Waals surface area contributed by atoms with Crippen molar-refractivity contribution < 1.29 is 27.4 Å². The van der Waals surface area contributed by atoms with Crippen LogP contribution in [0.5, 0.6) is 5.88 Å². The third kappa shape index (κ3) is 5.95. The molecule has 0 radical (unpaired) electrons. The number of hydrogen-bond acceptors (Lipinski definition) is 5. The van der Waals surface area contributed by atoms with Gasteiger partial charge < -0.3 is 14.4 Å². The number of nitrogens with zero attached hydrogens (tertiary/aromatic N) is 3. The molecule has 0 saturated carbocycles. The van der Waals surface area contributed by atoms with Crippen LogP contribution in [0.1, 0.15) is 55.6 Å². The Morgan fingerprint density at radius 2 is 1.94 bits per heavy atom. The first-order chi connectivity index (χ1) is 16.1. The number of aliphatic imine (C=N–C) groups is 1. The quantitative estimate of drug-likeness (QED) is 0.499. The van der Waals surface area contributed by atoms with Crippen molar-refractivity contribution in [3.8, 4) is 5.88 Å². The van der Waals surface area contributed by atoms with Gasteiger partial charge in [0.1, 0.15) is 12.4 Å². The topological polar surface area (TPSA) is 64.0 Å². The van der Waals surface area contributed by atoms with Gasteiger partial charge in [0.25, 0.3) is 5.91 Å². The predicted molar refractivity (Wildman–Crippen MR) is 124 cm³/mol. The van der Waals surface area contributed by atoms with Crippen LogP contribution in [0.2, 0.25) is 0 Å². The van der Waals surface area contributed by atoms with Gasteiger partial charge in [0.2, 0.25) is 5.88 Å². The van der Waals surface area contributed by atoms with Crippen LogP contribution in [0.4, 0.5) is 13.2 Å². The lowest BCUT2D eigenvalue weighted by Crippen LogP contribution is -2.42. The van der Waals surface area contributed by atoms with E-state index >= 15 is 0 Å². The Morgan fingerprint density at radius 3 is 2.56 bits per heavy atom. The van der Waals surface area contributed by atoms with Crippen LogP contribution >= 0.6 is 0 Å². The number of rotatable bonds is 8. The summed E-state index contributed by atoms with van der Waals surface area (Å²) in [5.74, 6) is 0.999. The van der Waals surface area contributed by atoms with E-state index in [4.69, 9.17) is 9.47 Å². The zero-order chi connectivity index (χ0) is 24.9. The third-order valence-corrected chi connectivity index (χ3v) is 5.46. The first kappa shape index (κ1) is 25.3. The molecule has 3 rings (SSSR count). The average molecular weight is 476 g/mol. The van der Waals surface area contributed by atoms with Crippen molar-refractivity contribution in [1.29, 1.82) is 0 Å². The number of hydrogen-bond donors (Lipinski definition) is 0. The van der Waals surface area contributed by atoms with Gasteiger partial charge in [-0.05, 0) is 38.5 Å². The molecule has 34 heavy (non-hydrogen) atoms. The Kier molecular flexibility index (Phi) is 7.96. The van der Waals surface area contributed by atoms with Gasteiger partial charge in [0, 0.05) is 31.3 Å². The Morgan fingerprint density at radius 1 is 1.21 bits per heavy atom. The summed E-state index contributed by atoms with van der Waals surface area (Å²) in [7, 11) is 0. The molecule has 2 heterocycles. The van der Waals surface area contributed by atoms with Crippen LogP contribution in [0, 0.1) is 0 Å². The number of benzene rings is 1. The number of pyridine rings is 1. The summed E-state index contributed by atoms with van der Waals surface area (Å²) in [6.45, 7) is 7.97. The maximum absolute atomic E-state index is 13.5. The standard InChI is InChI=1S/C25H28F3N3O3/c1-5-19-13-22(34-17(4)30-19)20-9-7-8-10-21(20)24(32)31(6-2)16(3)15-33-23-12-11-18(14-29-23)25(26,27)28/h7-14,16,19H,5-6,15H2,1-4H3/t16-,19-/m0/s1. The summed E-state index contributed by atoms with van der Waals surface area (Å²) in [5.41, 5.74) is 0.315. The second kappa shape index (κ2) is 10.7. The number of amides is 1. The fraction of sp³-hybridized carbons (Fsp3) is 0.400. The minimum absolute atomic E-state index is 0.0160. The Bertz CT molecular complexity index is 1070. The van der Waals surface area contributed by atoms with Crippen molar-refractivity contribution in [3.63, 3.8) is 0 Å². The number of aromatic nitrogens is 1. The van der Waals surface area contributed by atoms with Crippen LogP contribution in [-0.2, 0) is 10.9 Å². The molecule has 182 valence electrons.